The van der Waals surface area contributed by atoms with E-state index in [0.29, 0.717) is 6.54 Å². The van der Waals surface area contributed by atoms with Gasteiger partial charge < -0.3 is 14.4 Å². The lowest BCUT2D eigenvalue weighted by Gasteiger charge is -2.27. The van der Waals surface area contributed by atoms with Crippen molar-refractivity contribution in [3.05, 3.63) is 46.5 Å². The van der Waals surface area contributed by atoms with Crippen molar-refractivity contribution in [2.45, 2.75) is 24.7 Å². The number of esters is 1. The van der Waals surface area contributed by atoms with Crippen molar-refractivity contribution >= 4 is 27.8 Å². The first-order valence-corrected chi connectivity index (χ1v) is 8.77. The standard InChI is InChI=1S/C18H18BrNO4/c1-10(11-3-5-12(19)6-4-11)20-9-18-8-7-13(24-18)14(17(22)23-2)15(18)16(20)21/h3-8,10,13-15H,9H2,1-2H3/t10?,13-,14?,15+,18-/m1/s1. The lowest BCUT2D eigenvalue weighted by molar-refractivity contribution is -0.151. The summed E-state index contributed by atoms with van der Waals surface area (Å²) in [6.07, 6.45) is 3.49. The van der Waals surface area contributed by atoms with E-state index in [1.807, 2.05) is 48.2 Å². The summed E-state index contributed by atoms with van der Waals surface area (Å²) in [7, 11) is 1.35. The van der Waals surface area contributed by atoms with Gasteiger partial charge in [-0.25, -0.2) is 0 Å². The van der Waals surface area contributed by atoms with E-state index in [-0.39, 0.29) is 24.0 Å². The fourth-order valence-corrected chi connectivity index (χ4v) is 4.45. The van der Waals surface area contributed by atoms with E-state index < -0.39 is 17.4 Å². The zero-order valence-corrected chi connectivity index (χ0v) is 15.0. The van der Waals surface area contributed by atoms with Gasteiger partial charge in [-0.3, -0.25) is 9.59 Å². The summed E-state index contributed by atoms with van der Waals surface area (Å²) < 4.78 is 11.9. The monoisotopic (exact) mass is 391 g/mol. The molecule has 3 heterocycles. The van der Waals surface area contributed by atoms with Crippen molar-refractivity contribution in [2.75, 3.05) is 13.7 Å². The molecular weight excluding hydrogens is 374 g/mol. The first kappa shape index (κ1) is 15.8. The first-order valence-electron chi connectivity index (χ1n) is 7.98. The zero-order chi connectivity index (χ0) is 17.1. The van der Waals surface area contributed by atoms with Crippen molar-refractivity contribution in [1.29, 1.82) is 0 Å². The highest BCUT2D eigenvalue weighted by Gasteiger charge is 2.67. The van der Waals surface area contributed by atoms with Gasteiger partial charge >= 0.3 is 5.97 Å². The molecule has 126 valence electrons. The van der Waals surface area contributed by atoms with Crippen molar-refractivity contribution in [2.24, 2.45) is 11.8 Å². The maximum atomic E-state index is 13.1. The van der Waals surface area contributed by atoms with Crippen LogP contribution in [0, 0.1) is 11.8 Å². The molecule has 5 atom stereocenters. The molecule has 2 bridgehead atoms. The molecule has 0 radical (unpaired) electrons. The minimum Gasteiger partial charge on any atom is -0.469 e. The fourth-order valence-electron chi connectivity index (χ4n) is 4.18. The Balaban J connectivity index is 1.65. The van der Waals surface area contributed by atoms with E-state index in [1.54, 1.807) is 0 Å². The Hall–Kier alpha value is -1.66. The number of ether oxygens (including phenoxy) is 2. The second-order valence-corrected chi connectivity index (χ2v) is 7.53. The Kier molecular flexibility index (Phi) is 3.58. The third-order valence-electron chi connectivity index (χ3n) is 5.42. The number of hydrogen-bond donors (Lipinski definition) is 0. The van der Waals surface area contributed by atoms with Crippen molar-refractivity contribution in [3.63, 3.8) is 0 Å². The topological polar surface area (TPSA) is 55.8 Å². The van der Waals surface area contributed by atoms with E-state index >= 15 is 0 Å². The van der Waals surface area contributed by atoms with Crippen LogP contribution in [0.1, 0.15) is 18.5 Å². The van der Waals surface area contributed by atoms with Gasteiger partial charge in [-0.05, 0) is 24.6 Å². The Bertz CT molecular complexity index is 731. The number of rotatable bonds is 3. The molecule has 1 spiro atoms. The van der Waals surface area contributed by atoms with Crippen molar-refractivity contribution in [3.8, 4) is 0 Å². The van der Waals surface area contributed by atoms with Gasteiger partial charge in [-0.1, -0.05) is 40.2 Å². The number of likely N-dealkylation sites (tertiary alicyclic amines) is 1. The second kappa shape index (κ2) is 5.43. The number of amides is 1. The SMILES string of the molecule is COC(=O)C1[C@H]2C(=O)N(C(C)c3ccc(Br)cc3)C[C@]23C=C[C@H]1O3. The molecule has 0 N–H and O–H groups in total. The summed E-state index contributed by atoms with van der Waals surface area (Å²) >= 11 is 3.43. The van der Waals surface area contributed by atoms with Gasteiger partial charge in [0.25, 0.3) is 0 Å². The van der Waals surface area contributed by atoms with Gasteiger partial charge in [0.2, 0.25) is 5.91 Å². The van der Waals surface area contributed by atoms with Crippen LogP contribution in [0.25, 0.3) is 0 Å². The predicted octanol–water partition coefficient (Wildman–Crippen LogP) is 2.47. The third kappa shape index (κ3) is 2.09. The first-order chi connectivity index (χ1) is 11.5. The molecule has 0 saturated carbocycles. The molecule has 1 aromatic carbocycles. The van der Waals surface area contributed by atoms with Crippen LogP contribution in [0.4, 0.5) is 0 Å². The third-order valence-corrected chi connectivity index (χ3v) is 5.95. The number of fused-ring (bicyclic) bond motifs is 1. The van der Waals surface area contributed by atoms with Crippen LogP contribution in [0.2, 0.25) is 0 Å². The van der Waals surface area contributed by atoms with Crippen molar-refractivity contribution < 1.29 is 19.1 Å². The summed E-state index contributed by atoms with van der Waals surface area (Å²) in [6, 6.07) is 7.84. The lowest BCUT2D eigenvalue weighted by Crippen LogP contribution is -2.39. The number of carbonyl (C=O) groups is 2. The van der Waals surface area contributed by atoms with E-state index in [9.17, 15) is 9.59 Å². The Morgan fingerprint density at radius 3 is 2.79 bits per heavy atom. The average molecular weight is 392 g/mol. The molecular formula is C18H18BrNO4. The molecule has 1 aromatic rings. The maximum Gasteiger partial charge on any atom is 0.312 e. The summed E-state index contributed by atoms with van der Waals surface area (Å²) in [6.45, 7) is 2.47. The Morgan fingerprint density at radius 2 is 2.12 bits per heavy atom. The molecule has 4 rings (SSSR count). The quantitative estimate of drug-likeness (QED) is 0.586. The summed E-state index contributed by atoms with van der Waals surface area (Å²) in [5.74, 6) is -1.44. The molecule has 1 amide bonds. The van der Waals surface area contributed by atoms with Crippen molar-refractivity contribution in [1.82, 2.24) is 4.90 Å². The zero-order valence-electron chi connectivity index (χ0n) is 13.4. The number of benzene rings is 1. The van der Waals surface area contributed by atoms with Gasteiger partial charge in [0.1, 0.15) is 11.5 Å². The minimum absolute atomic E-state index is 0.0346. The highest BCUT2D eigenvalue weighted by molar-refractivity contribution is 9.10. The number of hydrogen-bond acceptors (Lipinski definition) is 4. The van der Waals surface area contributed by atoms with Crippen LogP contribution >= 0.6 is 15.9 Å². The molecule has 0 aliphatic carbocycles. The number of nitrogens with zero attached hydrogens (tertiary/aromatic N) is 1. The predicted molar refractivity (Wildman–Crippen MR) is 90.0 cm³/mol. The largest absolute Gasteiger partial charge is 0.469 e. The summed E-state index contributed by atoms with van der Waals surface area (Å²) in [5.41, 5.74) is 0.362. The van der Waals surface area contributed by atoms with Crippen LogP contribution in [0.15, 0.2) is 40.9 Å². The van der Waals surface area contributed by atoms with Crippen LogP contribution in [-0.2, 0) is 19.1 Å². The number of carbonyl (C=O) groups excluding carboxylic acids is 2. The van der Waals surface area contributed by atoms with Gasteiger partial charge in [0.15, 0.2) is 0 Å². The highest BCUT2D eigenvalue weighted by atomic mass is 79.9. The normalized spacial score (nSPS) is 34.5. The lowest BCUT2D eigenvalue weighted by atomic mass is 9.77. The second-order valence-electron chi connectivity index (χ2n) is 6.62. The molecule has 0 aromatic heterocycles. The van der Waals surface area contributed by atoms with Gasteiger partial charge in [0, 0.05) is 4.47 Å². The van der Waals surface area contributed by atoms with Gasteiger partial charge in [0.05, 0.1) is 31.7 Å². The Labute approximate surface area is 148 Å². The fraction of sp³-hybridized carbons (Fsp3) is 0.444. The molecule has 2 fully saturated rings. The maximum absolute atomic E-state index is 13.1. The molecule has 5 nitrogen and oxygen atoms in total. The van der Waals surface area contributed by atoms with E-state index in [1.165, 1.54) is 7.11 Å². The van der Waals surface area contributed by atoms with Gasteiger partial charge in [-0.2, -0.15) is 0 Å². The van der Waals surface area contributed by atoms with Gasteiger partial charge in [-0.15, -0.1) is 0 Å². The molecule has 6 heteroatoms. The van der Waals surface area contributed by atoms with E-state index in [4.69, 9.17) is 9.47 Å². The van der Waals surface area contributed by atoms with E-state index in [0.717, 1.165) is 10.0 Å². The summed E-state index contributed by atoms with van der Waals surface area (Å²) in [5, 5.41) is 0. The molecule has 3 aliphatic rings. The van der Waals surface area contributed by atoms with E-state index in [2.05, 4.69) is 15.9 Å². The number of halogens is 1. The molecule has 24 heavy (non-hydrogen) atoms. The number of methoxy groups -OCH3 is 1. The molecule has 2 saturated heterocycles. The smallest absolute Gasteiger partial charge is 0.312 e. The minimum atomic E-state index is -0.690. The van der Waals surface area contributed by atoms with Crippen LogP contribution < -0.4 is 0 Å². The highest BCUT2D eigenvalue weighted by Crippen LogP contribution is 2.53. The van der Waals surface area contributed by atoms with Crippen LogP contribution in [-0.4, -0.2) is 42.1 Å². The molecule has 3 aliphatic heterocycles. The summed E-state index contributed by atoms with van der Waals surface area (Å²) in [4.78, 5) is 27.1. The average Bonchev–Trinajstić information content (AvgIpc) is 3.22. The van der Waals surface area contributed by atoms with Crippen LogP contribution in [0.3, 0.4) is 0 Å². The van der Waals surface area contributed by atoms with Crippen LogP contribution in [0.5, 0.6) is 0 Å². The Morgan fingerprint density at radius 1 is 1.42 bits per heavy atom. The molecule has 2 unspecified atom stereocenters.